The molecule has 0 saturated carbocycles. The number of amides is 1. The number of nitrogens with one attached hydrogen (secondary N) is 1. The molecule has 0 aromatic heterocycles. The molecule has 2 nitrogen and oxygen atoms in total. The van der Waals surface area contributed by atoms with Gasteiger partial charge in [-0.1, -0.05) is 35.9 Å². The number of halogens is 2. The molecule has 0 bridgehead atoms. The van der Waals surface area contributed by atoms with Crippen molar-refractivity contribution in [1.82, 2.24) is 0 Å². The average molecular weight is 365 g/mol. The fourth-order valence-corrected chi connectivity index (χ4v) is 3.17. The Kier molecular flexibility index (Phi) is 4.32. The third kappa shape index (κ3) is 3.30. The normalized spacial score (nSPS) is 17.1. The first-order valence-corrected chi connectivity index (χ1v) is 8.13. The summed E-state index contributed by atoms with van der Waals surface area (Å²) in [6.45, 7) is 0. The molecular formula is C17H15BrClNO. The average Bonchev–Trinajstić information content (AvgIpc) is 2.50. The van der Waals surface area contributed by atoms with Gasteiger partial charge in [-0.25, -0.2) is 0 Å². The maximum atomic E-state index is 12.4. The van der Waals surface area contributed by atoms with Gasteiger partial charge in [0.05, 0.1) is 5.02 Å². The molecule has 2 aromatic carbocycles. The van der Waals surface area contributed by atoms with Crippen LogP contribution >= 0.6 is 27.5 Å². The van der Waals surface area contributed by atoms with Gasteiger partial charge >= 0.3 is 0 Å². The van der Waals surface area contributed by atoms with Gasteiger partial charge in [-0.3, -0.25) is 4.79 Å². The van der Waals surface area contributed by atoms with Gasteiger partial charge in [-0.05, 0) is 64.5 Å². The van der Waals surface area contributed by atoms with Gasteiger partial charge in [0.25, 0.3) is 0 Å². The SMILES string of the molecule is O=C(Nc1ccc(Br)c(Cl)c1)C1CCc2ccccc2C1. The van der Waals surface area contributed by atoms with E-state index in [0.29, 0.717) is 5.02 Å². The Labute approximate surface area is 137 Å². The van der Waals surface area contributed by atoms with Crippen molar-refractivity contribution in [2.75, 3.05) is 5.32 Å². The van der Waals surface area contributed by atoms with E-state index in [1.807, 2.05) is 18.2 Å². The van der Waals surface area contributed by atoms with Crippen LogP contribution in [0.25, 0.3) is 0 Å². The molecule has 1 N–H and O–H groups in total. The summed E-state index contributed by atoms with van der Waals surface area (Å²) in [4.78, 5) is 12.4. The molecule has 0 saturated heterocycles. The molecule has 1 aliphatic rings. The summed E-state index contributed by atoms with van der Waals surface area (Å²) in [7, 11) is 0. The van der Waals surface area contributed by atoms with Gasteiger partial charge in [0.15, 0.2) is 0 Å². The van der Waals surface area contributed by atoms with Crippen molar-refractivity contribution in [1.29, 1.82) is 0 Å². The minimum Gasteiger partial charge on any atom is -0.326 e. The van der Waals surface area contributed by atoms with Crippen LogP contribution in [0.15, 0.2) is 46.9 Å². The zero-order valence-electron chi connectivity index (χ0n) is 11.4. The van der Waals surface area contributed by atoms with Gasteiger partial charge in [-0.15, -0.1) is 0 Å². The molecule has 0 spiro atoms. The highest BCUT2D eigenvalue weighted by Gasteiger charge is 2.24. The van der Waals surface area contributed by atoms with E-state index < -0.39 is 0 Å². The first kappa shape index (κ1) is 14.6. The first-order valence-electron chi connectivity index (χ1n) is 6.96. The lowest BCUT2D eigenvalue weighted by Gasteiger charge is -2.23. The number of anilines is 1. The Hall–Kier alpha value is -1.32. The van der Waals surface area contributed by atoms with E-state index in [-0.39, 0.29) is 11.8 Å². The number of carbonyl (C=O) groups is 1. The van der Waals surface area contributed by atoms with E-state index in [4.69, 9.17) is 11.6 Å². The summed E-state index contributed by atoms with van der Waals surface area (Å²) in [6.07, 6.45) is 2.68. The molecule has 0 radical (unpaired) electrons. The van der Waals surface area contributed by atoms with E-state index in [2.05, 4.69) is 39.4 Å². The molecule has 1 aliphatic carbocycles. The minimum absolute atomic E-state index is 0.0299. The van der Waals surface area contributed by atoms with E-state index in [1.165, 1.54) is 11.1 Å². The minimum atomic E-state index is 0.0299. The third-order valence-corrected chi connectivity index (χ3v) is 5.14. The van der Waals surface area contributed by atoms with Crippen LogP contribution in [0.3, 0.4) is 0 Å². The molecule has 0 aliphatic heterocycles. The van der Waals surface area contributed by atoms with Gasteiger partial charge in [0.2, 0.25) is 5.91 Å². The van der Waals surface area contributed by atoms with Crippen LogP contribution < -0.4 is 5.32 Å². The lowest BCUT2D eigenvalue weighted by molar-refractivity contribution is -0.120. The number of benzene rings is 2. The highest BCUT2D eigenvalue weighted by atomic mass is 79.9. The lowest BCUT2D eigenvalue weighted by Crippen LogP contribution is -2.28. The van der Waals surface area contributed by atoms with Gasteiger partial charge in [0.1, 0.15) is 0 Å². The van der Waals surface area contributed by atoms with Crippen LogP contribution in [-0.4, -0.2) is 5.91 Å². The van der Waals surface area contributed by atoms with Crippen molar-refractivity contribution in [3.63, 3.8) is 0 Å². The fourth-order valence-electron chi connectivity index (χ4n) is 2.74. The standard InChI is InChI=1S/C17H15BrClNO/c18-15-8-7-14(10-16(15)19)20-17(21)13-6-5-11-3-1-2-4-12(11)9-13/h1-4,7-8,10,13H,5-6,9H2,(H,20,21). The van der Waals surface area contributed by atoms with Crippen LogP contribution in [0.4, 0.5) is 5.69 Å². The second-order valence-electron chi connectivity index (χ2n) is 5.33. The van der Waals surface area contributed by atoms with E-state index in [9.17, 15) is 4.79 Å². The van der Waals surface area contributed by atoms with Crippen LogP contribution in [0.1, 0.15) is 17.5 Å². The van der Waals surface area contributed by atoms with E-state index >= 15 is 0 Å². The molecule has 1 unspecified atom stereocenters. The predicted molar refractivity (Wildman–Crippen MR) is 89.7 cm³/mol. The van der Waals surface area contributed by atoms with Crippen molar-refractivity contribution in [3.05, 3.63) is 63.1 Å². The Bertz CT molecular complexity index is 686. The summed E-state index contributed by atoms with van der Waals surface area (Å²) in [6, 6.07) is 13.8. The molecule has 2 aromatic rings. The monoisotopic (exact) mass is 363 g/mol. The van der Waals surface area contributed by atoms with Crippen molar-refractivity contribution >= 4 is 39.1 Å². The molecule has 1 amide bonds. The number of fused-ring (bicyclic) bond motifs is 1. The second kappa shape index (κ2) is 6.20. The number of hydrogen-bond donors (Lipinski definition) is 1. The van der Waals surface area contributed by atoms with Crippen molar-refractivity contribution < 1.29 is 4.79 Å². The summed E-state index contributed by atoms with van der Waals surface area (Å²) >= 11 is 9.40. The summed E-state index contributed by atoms with van der Waals surface area (Å²) in [5.41, 5.74) is 3.40. The first-order chi connectivity index (χ1) is 10.1. The highest BCUT2D eigenvalue weighted by Crippen LogP contribution is 2.28. The molecule has 108 valence electrons. The Balaban J connectivity index is 1.70. The summed E-state index contributed by atoms with van der Waals surface area (Å²) in [5, 5.41) is 3.57. The van der Waals surface area contributed by atoms with Crippen molar-refractivity contribution in [3.8, 4) is 0 Å². The number of rotatable bonds is 2. The quantitative estimate of drug-likeness (QED) is 0.811. The smallest absolute Gasteiger partial charge is 0.227 e. The summed E-state index contributed by atoms with van der Waals surface area (Å²) in [5.74, 6) is 0.102. The van der Waals surface area contributed by atoms with Crippen LogP contribution in [0.5, 0.6) is 0 Å². The van der Waals surface area contributed by atoms with Gasteiger partial charge in [0, 0.05) is 16.1 Å². The van der Waals surface area contributed by atoms with Crippen LogP contribution in [0, 0.1) is 5.92 Å². The number of aryl methyl sites for hydroxylation is 1. The summed E-state index contributed by atoms with van der Waals surface area (Å²) < 4.78 is 0.828. The Morgan fingerprint density at radius 2 is 1.95 bits per heavy atom. The molecule has 21 heavy (non-hydrogen) atoms. The van der Waals surface area contributed by atoms with Crippen LogP contribution in [0.2, 0.25) is 5.02 Å². The van der Waals surface area contributed by atoms with Gasteiger partial charge in [-0.2, -0.15) is 0 Å². The molecular weight excluding hydrogens is 350 g/mol. The fraction of sp³-hybridized carbons (Fsp3) is 0.235. The molecule has 0 fully saturated rings. The topological polar surface area (TPSA) is 29.1 Å². The largest absolute Gasteiger partial charge is 0.326 e. The third-order valence-electron chi connectivity index (χ3n) is 3.90. The molecule has 1 atom stereocenters. The predicted octanol–water partition coefficient (Wildman–Crippen LogP) is 4.85. The highest BCUT2D eigenvalue weighted by molar-refractivity contribution is 9.10. The zero-order chi connectivity index (χ0) is 14.8. The van der Waals surface area contributed by atoms with Crippen molar-refractivity contribution in [2.24, 2.45) is 5.92 Å². The molecule has 3 rings (SSSR count). The number of hydrogen-bond acceptors (Lipinski definition) is 1. The van der Waals surface area contributed by atoms with E-state index in [0.717, 1.165) is 29.4 Å². The second-order valence-corrected chi connectivity index (χ2v) is 6.59. The van der Waals surface area contributed by atoms with E-state index in [1.54, 1.807) is 6.07 Å². The molecule has 0 heterocycles. The maximum Gasteiger partial charge on any atom is 0.227 e. The molecule has 4 heteroatoms. The Morgan fingerprint density at radius 3 is 2.71 bits per heavy atom. The van der Waals surface area contributed by atoms with Crippen LogP contribution in [-0.2, 0) is 17.6 Å². The zero-order valence-corrected chi connectivity index (χ0v) is 13.7. The maximum absolute atomic E-state index is 12.4. The lowest BCUT2D eigenvalue weighted by atomic mass is 9.83. The number of carbonyl (C=O) groups excluding carboxylic acids is 1. The Morgan fingerprint density at radius 1 is 1.19 bits per heavy atom. The van der Waals surface area contributed by atoms with Crippen molar-refractivity contribution in [2.45, 2.75) is 19.3 Å². The van der Waals surface area contributed by atoms with Gasteiger partial charge < -0.3 is 5.32 Å².